The average molecular weight is 420 g/mol. The molecular weight excluding hydrogens is 390 g/mol. The van der Waals surface area contributed by atoms with E-state index in [-0.39, 0.29) is 0 Å². The van der Waals surface area contributed by atoms with Crippen LogP contribution in [0.15, 0.2) is 36.7 Å². The minimum Gasteiger partial charge on any atom is -0.378 e. The first-order valence-electron chi connectivity index (χ1n) is 11.1. The molecule has 5 rings (SSSR count). The molecule has 1 fully saturated rings. The van der Waals surface area contributed by atoms with Gasteiger partial charge in [0.05, 0.1) is 37.0 Å². The standard InChI is InChI=1S/C23H29N7O/c1-3-28(4-2)10-11-30-22-19(16-25-30)21(18-6-5-7-20-17(18)8-9-24-20)26-23(27-22)29-12-14-31-15-13-29/h5-9,16,24H,3-4,10-15H2,1-2H3. The number of benzene rings is 1. The number of fused-ring (bicyclic) bond motifs is 2. The predicted molar refractivity (Wildman–Crippen MR) is 123 cm³/mol. The molecule has 1 saturated heterocycles. The highest BCUT2D eigenvalue weighted by Crippen LogP contribution is 2.33. The van der Waals surface area contributed by atoms with Gasteiger partial charge in [0.25, 0.3) is 0 Å². The zero-order valence-corrected chi connectivity index (χ0v) is 18.2. The zero-order chi connectivity index (χ0) is 21.2. The summed E-state index contributed by atoms with van der Waals surface area (Å²) in [5, 5.41) is 6.86. The second kappa shape index (κ2) is 8.64. The van der Waals surface area contributed by atoms with Crippen molar-refractivity contribution >= 4 is 27.9 Å². The summed E-state index contributed by atoms with van der Waals surface area (Å²) in [6, 6.07) is 8.40. The number of morpholine rings is 1. The average Bonchev–Trinajstić information content (AvgIpc) is 3.47. The molecule has 0 amide bonds. The molecule has 0 spiro atoms. The number of H-pyrrole nitrogens is 1. The molecule has 1 aliphatic rings. The van der Waals surface area contributed by atoms with Gasteiger partial charge in [0, 0.05) is 42.3 Å². The van der Waals surface area contributed by atoms with Gasteiger partial charge in [-0.15, -0.1) is 0 Å². The molecule has 0 atom stereocenters. The zero-order valence-electron chi connectivity index (χ0n) is 18.2. The molecule has 1 aromatic carbocycles. The van der Waals surface area contributed by atoms with Gasteiger partial charge in [0.2, 0.25) is 5.95 Å². The Hall–Kier alpha value is -2.97. The number of aromatic nitrogens is 5. The fourth-order valence-electron chi connectivity index (χ4n) is 4.29. The lowest BCUT2D eigenvalue weighted by atomic mass is 10.0. The Bertz CT molecular complexity index is 1170. The summed E-state index contributed by atoms with van der Waals surface area (Å²) < 4.78 is 7.57. The second-order valence-corrected chi connectivity index (χ2v) is 7.85. The molecule has 0 radical (unpaired) electrons. The molecule has 31 heavy (non-hydrogen) atoms. The molecule has 4 heterocycles. The van der Waals surface area contributed by atoms with Crippen LogP contribution in [-0.4, -0.2) is 75.6 Å². The van der Waals surface area contributed by atoms with Crippen molar-refractivity contribution in [3.8, 4) is 11.3 Å². The van der Waals surface area contributed by atoms with Crippen molar-refractivity contribution in [2.75, 3.05) is 50.8 Å². The number of nitrogens with one attached hydrogen (secondary N) is 1. The monoisotopic (exact) mass is 419 g/mol. The van der Waals surface area contributed by atoms with E-state index in [0.717, 1.165) is 78.4 Å². The van der Waals surface area contributed by atoms with Gasteiger partial charge in [-0.05, 0) is 25.2 Å². The Labute approximate surface area is 181 Å². The van der Waals surface area contributed by atoms with Crippen molar-refractivity contribution in [2.24, 2.45) is 0 Å². The molecule has 8 nitrogen and oxygen atoms in total. The lowest BCUT2D eigenvalue weighted by molar-refractivity contribution is 0.122. The summed E-state index contributed by atoms with van der Waals surface area (Å²) in [6.45, 7) is 11.2. The fraction of sp³-hybridized carbons (Fsp3) is 0.435. The van der Waals surface area contributed by atoms with Crippen molar-refractivity contribution in [2.45, 2.75) is 20.4 Å². The van der Waals surface area contributed by atoms with E-state index in [2.05, 4.69) is 52.9 Å². The third-order valence-electron chi connectivity index (χ3n) is 6.15. The molecule has 0 saturated carbocycles. The molecule has 3 aromatic heterocycles. The van der Waals surface area contributed by atoms with Crippen LogP contribution < -0.4 is 4.90 Å². The summed E-state index contributed by atoms with van der Waals surface area (Å²) in [7, 11) is 0. The van der Waals surface area contributed by atoms with E-state index >= 15 is 0 Å². The molecular formula is C23H29N7O. The first kappa shape index (κ1) is 20.0. The fourth-order valence-corrected chi connectivity index (χ4v) is 4.29. The van der Waals surface area contributed by atoms with Crippen molar-refractivity contribution in [3.63, 3.8) is 0 Å². The van der Waals surface area contributed by atoms with Gasteiger partial charge in [-0.2, -0.15) is 10.1 Å². The summed E-state index contributed by atoms with van der Waals surface area (Å²) in [6.07, 6.45) is 3.89. The number of aromatic amines is 1. The number of rotatable bonds is 7. The number of anilines is 1. The van der Waals surface area contributed by atoms with E-state index in [9.17, 15) is 0 Å². The quantitative estimate of drug-likeness (QED) is 0.496. The Morgan fingerprint density at radius 3 is 2.71 bits per heavy atom. The summed E-state index contributed by atoms with van der Waals surface area (Å²) >= 11 is 0. The Kier molecular flexibility index (Phi) is 5.57. The van der Waals surface area contributed by atoms with Crippen LogP contribution >= 0.6 is 0 Å². The molecule has 1 aliphatic heterocycles. The Morgan fingerprint density at radius 2 is 1.90 bits per heavy atom. The van der Waals surface area contributed by atoms with Crippen LogP contribution in [-0.2, 0) is 11.3 Å². The molecule has 0 aliphatic carbocycles. The largest absolute Gasteiger partial charge is 0.378 e. The highest BCUT2D eigenvalue weighted by molar-refractivity contribution is 6.01. The Morgan fingerprint density at radius 1 is 1.06 bits per heavy atom. The maximum Gasteiger partial charge on any atom is 0.228 e. The van der Waals surface area contributed by atoms with Gasteiger partial charge in [0.15, 0.2) is 5.65 Å². The molecule has 1 N–H and O–H groups in total. The number of ether oxygens (including phenoxy) is 1. The van der Waals surface area contributed by atoms with Gasteiger partial charge >= 0.3 is 0 Å². The van der Waals surface area contributed by atoms with Crippen LogP contribution in [0.1, 0.15) is 13.8 Å². The molecule has 4 aromatic rings. The predicted octanol–water partition coefficient (Wildman–Crippen LogP) is 3.15. The van der Waals surface area contributed by atoms with E-state index in [1.807, 2.05) is 17.1 Å². The Balaban J connectivity index is 1.64. The highest BCUT2D eigenvalue weighted by Gasteiger charge is 2.21. The van der Waals surface area contributed by atoms with Gasteiger partial charge in [-0.1, -0.05) is 26.0 Å². The van der Waals surface area contributed by atoms with Crippen LogP contribution in [0.3, 0.4) is 0 Å². The van der Waals surface area contributed by atoms with Crippen LogP contribution in [0, 0.1) is 0 Å². The minimum absolute atomic E-state index is 0.700. The van der Waals surface area contributed by atoms with Gasteiger partial charge in [-0.25, -0.2) is 9.67 Å². The third kappa shape index (κ3) is 3.77. The van der Waals surface area contributed by atoms with Gasteiger partial charge < -0.3 is 19.5 Å². The maximum atomic E-state index is 5.54. The lowest BCUT2D eigenvalue weighted by Crippen LogP contribution is -2.37. The van der Waals surface area contributed by atoms with Gasteiger partial charge in [0.1, 0.15) is 0 Å². The highest BCUT2D eigenvalue weighted by atomic mass is 16.5. The second-order valence-electron chi connectivity index (χ2n) is 7.85. The SMILES string of the molecule is CCN(CC)CCn1ncc2c(-c3cccc4[nH]ccc34)nc(N3CCOCC3)nc21. The van der Waals surface area contributed by atoms with Crippen LogP contribution in [0.5, 0.6) is 0 Å². The molecule has 162 valence electrons. The lowest BCUT2D eigenvalue weighted by Gasteiger charge is -2.27. The molecule has 0 bridgehead atoms. The first-order valence-corrected chi connectivity index (χ1v) is 11.1. The summed E-state index contributed by atoms with van der Waals surface area (Å²) in [5.41, 5.74) is 4.03. The third-order valence-corrected chi connectivity index (χ3v) is 6.15. The first-order chi connectivity index (χ1) is 15.3. The van der Waals surface area contributed by atoms with E-state index in [0.29, 0.717) is 13.2 Å². The number of hydrogen-bond donors (Lipinski definition) is 1. The van der Waals surface area contributed by atoms with Crippen LogP contribution in [0.25, 0.3) is 33.2 Å². The topological polar surface area (TPSA) is 75.1 Å². The smallest absolute Gasteiger partial charge is 0.228 e. The molecule has 0 unspecified atom stereocenters. The number of hydrogen-bond acceptors (Lipinski definition) is 6. The summed E-state index contributed by atoms with van der Waals surface area (Å²) in [5.74, 6) is 0.753. The van der Waals surface area contributed by atoms with Crippen molar-refractivity contribution < 1.29 is 4.74 Å². The van der Waals surface area contributed by atoms with Crippen molar-refractivity contribution in [1.82, 2.24) is 29.6 Å². The minimum atomic E-state index is 0.700. The van der Waals surface area contributed by atoms with Crippen molar-refractivity contribution in [3.05, 3.63) is 36.7 Å². The van der Waals surface area contributed by atoms with E-state index < -0.39 is 0 Å². The number of nitrogens with zero attached hydrogens (tertiary/aromatic N) is 6. The van der Waals surface area contributed by atoms with E-state index in [1.165, 1.54) is 0 Å². The number of likely N-dealkylation sites (N-methyl/N-ethyl adjacent to an activating group) is 1. The summed E-state index contributed by atoms with van der Waals surface area (Å²) in [4.78, 5) is 17.9. The van der Waals surface area contributed by atoms with E-state index in [4.69, 9.17) is 19.8 Å². The molecule has 8 heteroatoms. The van der Waals surface area contributed by atoms with Gasteiger partial charge in [-0.3, -0.25) is 0 Å². The maximum absolute atomic E-state index is 5.54. The van der Waals surface area contributed by atoms with Crippen LogP contribution in [0.4, 0.5) is 5.95 Å². The van der Waals surface area contributed by atoms with Crippen LogP contribution in [0.2, 0.25) is 0 Å². The van der Waals surface area contributed by atoms with E-state index in [1.54, 1.807) is 0 Å². The normalized spacial score (nSPS) is 14.9. The van der Waals surface area contributed by atoms with Crippen molar-refractivity contribution in [1.29, 1.82) is 0 Å².